The van der Waals surface area contributed by atoms with E-state index in [2.05, 4.69) is 0 Å². The molecule has 0 spiro atoms. The number of imide groups is 1. The van der Waals surface area contributed by atoms with Gasteiger partial charge in [-0.15, -0.1) is 0 Å². The maximum absolute atomic E-state index is 14.3. The molecule has 34 heavy (non-hydrogen) atoms. The smallest absolute Gasteiger partial charge is 0.440 e. The lowest BCUT2D eigenvalue weighted by molar-refractivity contribution is -0.201. The highest BCUT2D eigenvalue weighted by atomic mass is 19.4. The number of ether oxygens (including phenoxy) is 3. The number of hydrogen-bond acceptors (Lipinski definition) is 6. The third kappa shape index (κ3) is 3.98. The zero-order chi connectivity index (χ0) is 25.4. The number of methoxy groups -OCH3 is 3. The van der Waals surface area contributed by atoms with Gasteiger partial charge in [-0.3, -0.25) is 19.8 Å². The number of urea groups is 1. The van der Waals surface area contributed by atoms with Gasteiger partial charge in [-0.25, -0.2) is 4.79 Å². The van der Waals surface area contributed by atoms with Gasteiger partial charge in [0, 0.05) is 6.04 Å². The average molecular weight is 487 g/mol. The van der Waals surface area contributed by atoms with Crippen LogP contribution in [0, 0.1) is 11.8 Å². The summed E-state index contributed by atoms with van der Waals surface area (Å²) in [6, 6.07) is 0.563. The van der Waals surface area contributed by atoms with E-state index in [1.165, 1.54) is 33.5 Å². The predicted molar refractivity (Wildman–Crippen MR) is 114 cm³/mol. The van der Waals surface area contributed by atoms with Gasteiger partial charge in [0.05, 0.1) is 26.9 Å². The van der Waals surface area contributed by atoms with Crippen LogP contribution in [0.5, 0.6) is 17.2 Å². The highest BCUT2D eigenvalue weighted by molar-refractivity contribution is 6.11. The summed E-state index contributed by atoms with van der Waals surface area (Å²) in [6.45, 7) is 3.73. The number of amides is 4. The van der Waals surface area contributed by atoms with Gasteiger partial charge in [-0.05, 0) is 30.4 Å². The van der Waals surface area contributed by atoms with E-state index in [4.69, 9.17) is 14.2 Å². The molecule has 9 nitrogen and oxygen atoms in total. The Kier molecular flexibility index (Phi) is 6.90. The van der Waals surface area contributed by atoms with Crippen molar-refractivity contribution in [3.63, 3.8) is 0 Å². The Morgan fingerprint density at radius 1 is 1.09 bits per heavy atom. The van der Waals surface area contributed by atoms with Gasteiger partial charge in [0.2, 0.25) is 5.75 Å². The van der Waals surface area contributed by atoms with Crippen LogP contribution in [0.3, 0.4) is 0 Å². The first-order valence-electron chi connectivity index (χ1n) is 10.8. The number of halogens is 3. The van der Waals surface area contributed by atoms with E-state index in [1.54, 1.807) is 17.6 Å². The molecule has 1 aromatic rings. The van der Waals surface area contributed by atoms with Crippen molar-refractivity contribution in [1.29, 1.82) is 0 Å². The number of nitrogens with zero attached hydrogens (tertiary/aromatic N) is 1. The van der Waals surface area contributed by atoms with E-state index in [9.17, 15) is 27.6 Å². The summed E-state index contributed by atoms with van der Waals surface area (Å²) in [6.07, 6.45) is -3.42. The fourth-order valence-electron chi connectivity index (χ4n) is 4.63. The number of rotatable bonds is 6. The van der Waals surface area contributed by atoms with Gasteiger partial charge >= 0.3 is 12.2 Å². The number of carbonyl (C=O) groups is 3. The fraction of sp³-hybridized carbons (Fsp3) is 0.591. The monoisotopic (exact) mass is 487 g/mol. The Morgan fingerprint density at radius 2 is 1.74 bits per heavy atom. The van der Waals surface area contributed by atoms with E-state index >= 15 is 0 Å². The van der Waals surface area contributed by atoms with Crippen LogP contribution in [0.1, 0.15) is 43.5 Å². The summed E-state index contributed by atoms with van der Waals surface area (Å²) in [5, 5.41) is 3.44. The van der Waals surface area contributed by atoms with Crippen molar-refractivity contribution in [3.8, 4) is 17.2 Å². The average Bonchev–Trinajstić information content (AvgIpc) is 3.04. The molecule has 0 aromatic heterocycles. The molecule has 2 aliphatic rings. The van der Waals surface area contributed by atoms with Crippen LogP contribution in [0.4, 0.5) is 18.0 Å². The molecule has 3 rings (SSSR count). The van der Waals surface area contributed by atoms with Crippen LogP contribution in [-0.4, -0.2) is 62.0 Å². The first-order chi connectivity index (χ1) is 15.9. The number of carbonyl (C=O) groups excluding carboxylic acids is 3. The summed E-state index contributed by atoms with van der Waals surface area (Å²) in [5.74, 6) is -2.98. The van der Waals surface area contributed by atoms with E-state index < -0.39 is 35.7 Å². The third-order valence-electron chi connectivity index (χ3n) is 6.72. The van der Waals surface area contributed by atoms with Crippen LogP contribution < -0.4 is 24.8 Å². The summed E-state index contributed by atoms with van der Waals surface area (Å²) in [7, 11) is 3.80. The van der Waals surface area contributed by atoms with Gasteiger partial charge in [0.25, 0.3) is 17.5 Å². The lowest BCUT2D eigenvalue weighted by Gasteiger charge is -2.38. The maximum Gasteiger partial charge on any atom is 0.440 e. The molecule has 12 heteroatoms. The zero-order valence-corrected chi connectivity index (χ0v) is 19.5. The van der Waals surface area contributed by atoms with E-state index in [0.29, 0.717) is 17.7 Å². The highest BCUT2D eigenvalue weighted by Crippen LogP contribution is 2.42. The van der Waals surface area contributed by atoms with Crippen LogP contribution in [0.15, 0.2) is 12.1 Å². The summed E-state index contributed by atoms with van der Waals surface area (Å²) < 4.78 is 58.4. The van der Waals surface area contributed by atoms with E-state index in [1.807, 2.05) is 6.92 Å². The van der Waals surface area contributed by atoms with Gasteiger partial charge in [0.15, 0.2) is 11.5 Å². The second-order valence-corrected chi connectivity index (χ2v) is 8.52. The lowest BCUT2D eigenvalue weighted by Crippen LogP contribution is -2.69. The van der Waals surface area contributed by atoms with Crippen molar-refractivity contribution in [2.75, 3.05) is 21.3 Å². The Balaban J connectivity index is 2.02. The van der Waals surface area contributed by atoms with Gasteiger partial charge in [-0.1, -0.05) is 26.7 Å². The molecule has 1 heterocycles. The first-order valence-corrected chi connectivity index (χ1v) is 10.8. The zero-order valence-electron chi connectivity index (χ0n) is 19.5. The normalized spacial score (nSPS) is 27.3. The number of hydrogen-bond donors (Lipinski definition) is 2. The Labute approximate surface area is 194 Å². The molecule has 1 saturated heterocycles. The second kappa shape index (κ2) is 9.22. The number of alkyl halides is 3. The Morgan fingerprint density at radius 3 is 2.29 bits per heavy atom. The standard InChI is InChI=1S/C22H28F3N3O6/c1-11-7-6-8-14(12(11)2)28-19(30)21(22(23,24)25,27-20(28)31)26-18(29)13-9-10-15(32-3)17(34-5)16(13)33-4/h9-12,14H,6-8H2,1-5H3,(H,26,29)(H,27,31)/t11-,12+,14-,21+/m0/s1. The van der Waals surface area contributed by atoms with Gasteiger partial charge in [0.1, 0.15) is 0 Å². The van der Waals surface area contributed by atoms with E-state index in [0.717, 1.165) is 6.42 Å². The molecule has 188 valence electrons. The molecule has 1 saturated carbocycles. The second-order valence-electron chi connectivity index (χ2n) is 8.52. The molecule has 1 aliphatic carbocycles. The molecular formula is C22H28F3N3O6. The largest absolute Gasteiger partial charge is 0.493 e. The van der Waals surface area contributed by atoms with Crippen molar-refractivity contribution in [2.24, 2.45) is 11.8 Å². The molecule has 4 atom stereocenters. The molecular weight excluding hydrogens is 459 g/mol. The predicted octanol–water partition coefficient (Wildman–Crippen LogP) is 3.08. The maximum atomic E-state index is 14.3. The van der Waals surface area contributed by atoms with Crippen LogP contribution in [-0.2, 0) is 4.79 Å². The Bertz CT molecular complexity index is 985. The molecule has 2 N–H and O–H groups in total. The molecule has 1 aliphatic heterocycles. The van der Waals surface area contributed by atoms with Crippen LogP contribution in [0.2, 0.25) is 0 Å². The van der Waals surface area contributed by atoms with Crippen LogP contribution >= 0.6 is 0 Å². The summed E-state index contributed by atoms with van der Waals surface area (Å²) in [4.78, 5) is 39.6. The fourth-order valence-corrected chi connectivity index (χ4v) is 4.63. The van der Waals surface area contributed by atoms with Crippen molar-refractivity contribution in [2.45, 2.75) is 51.0 Å². The molecule has 0 unspecified atom stereocenters. The minimum absolute atomic E-state index is 0.0212. The molecule has 1 aromatic carbocycles. The lowest BCUT2D eigenvalue weighted by atomic mass is 9.77. The first kappa shape index (κ1) is 25.4. The molecule has 0 radical (unpaired) electrons. The van der Waals surface area contributed by atoms with Crippen molar-refractivity contribution in [1.82, 2.24) is 15.5 Å². The molecule has 4 amide bonds. The molecule has 2 fully saturated rings. The van der Waals surface area contributed by atoms with E-state index in [-0.39, 0.29) is 34.6 Å². The van der Waals surface area contributed by atoms with Crippen LogP contribution in [0.25, 0.3) is 0 Å². The minimum Gasteiger partial charge on any atom is -0.493 e. The minimum atomic E-state index is -5.32. The number of benzene rings is 1. The quantitative estimate of drug-likeness (QED) is 0.598. The van der Waals surface area contributed by atoms with Gasteiger partial charge in [-0.2, -0.15) is 13.2 Å². The number of nitrogens with one attached hydrogen (secondary N) is 2. The highest BCUT2D eigenvalue weighted by Gasteiger charge is 2.70. The van der Waals surface area contributed by atoms with Crippen molar-refractivity contribution in [3.05, 3.63) is 17.7 Å². The Hall–Kier alpha value is -3.18. The summed E-state index contributed by atoms with van der Waals surface area (Å²) >= 11 is 0. The van der Waals surface area contributed by atoms with Gasteiger partial charge < -0.3 is 19.5 Å². The molecule has 0 bridgehead atoms. The van der Waals surface area contributed by atoms with Crippen molar-refractivity contribution < 1.29 is 41.8 Å². The topological polar surface area (TPSA) is 106 Å². The summed E-state index contributed by atoms with van der Waals surface area (Å²) in [5.41, 5.74) is -3.97. The third-order valence-corrected chi connectivity index (χ3v) is 6.72. The van der Waals surface area contributed by atoms with Crippen molar-refractivity contribution >= 4 is 17.8 Å². The SMILES string of the molecule is COc1ccc(C(=O)N[C@@]2(C(F)(F)F)NC(=O)N([C@H]3CCC[C@H](C)[C@H]3C)C2=O)c(OC)c1OC.